The largest absolute Gasteiger partial charge is 0.480 e. The number of ether oxygens (including phenoxy) is 1. The first-order chi connectivity index (χ1) is 13.1. The molecule has 0 aliphatic heterocycles. The fourth-order valence-corrected chi connectivity index (χ4v) is 2.82. The first-order valence-electron chi connectivity index (χ1n) is 9.57. The van der Waals surface area contributed by atoms with Gasteiger partial charge in [-0.25, -0.2) is 0 Å². The molecule has 0 saturated carbocycles. The Morgan fingerprint density at radius 2 is 1.75 bits per heavy atom. The molecule has 0 aliphatic carbocycles. The van der Waals surface area contributed by atoms with Gasteiger partial charge in [-0.15, -0.1) is 0 Å². The topological polar surface area (TPSA) is 67.4 Å². The van der Waals surface area contributed by atoms with E-state index >= 15 is 0 Å². The zero-order valence-electron chi connectivity index (χ0n) is 17.6. The molecule has 0 aliphatic rings. The molecule has 5 heteroatoms. The molecule has 0 saturated heterocycles. The fourth-order valence-electron chi connectivity index (χ4n) is 2.82. The normalized spacial score (nSPS) is 12.2. The third kappa shape index (κ3) is 5.84. The van der Waals surface area contributed by atoms with Crippen LogP contribution in [0.4, 0.5) is 5.69 Å². The summed E-state index contributed by atoms with van der Waals surface area (Å²) in [7, 11) is 0. The molecule has 0 heterocycles. The van der Waals surface area contributed by atoms with E-state index in [1.807, 2.05) is 59.7 Å². The van der Waals surface area contributed by atoms with Crippen LogP contribution in [0.2, 0.25) is 0 Å². The van der Waals surface area contributed by atoms with Crippen molar-refractivity contribution in [2.24, 2.45) is 0 Å². The van der Waals surface area contributed by atoms with Crippen LogP contribution in [0.25, 0.3) is 0 Å². The Morgan fingerprint density at radius 1 is 1.07 bits per heavy atom. The van der Waals surface area contributed by atoms with Crippen LogP contribution in [0.3, 0.4) is 0 Å². The van der Waals surface area contributed by atoms with Crippen LogP contribution in [0.1, 0.15) is 55.6 Å². The smallest absolute Gasteiger partial charge is 0.265 e. The number of carbonyl (C=O) groups is 2. The molecule has 2 amide bonds. The average Bonchev–Trinajstić information content (AvgIpc) is 2.60. The zero-order valence-corrected chi connectivity index (χ0v) is 17.6. The third-order valence-corrected chi connectivity index (χ3v) is 4.18. The molecule has 28 heavy (non-hydrogen) atoms. The molecule has 150 valence electrons. The van der Waals surface area contributed by atoms with E-state index in [1.54, 1.807) is 24.3 Å². The van der Waals surface area contributed by atoms with Gasteiger partial charge in [-0.1, -0.05) is 36.8 Å². The summed E-state index contributed by atoms with van der Waals surface area (Å²) in [5, 5.41) is 5.78. The quantitative estimate of drug-likeness (QED) is 0.765. The Morgan fingerprint density at radius 3 is 2.36 bits per heavy atom. The van der Waals surface area contributed by atoms with Crippen LogP contribution in [0.15, 0.2) is 42.5 Å². The van der Waals surface area contributed by atoms with E-state index in [0.717, 1.165) is 11.1 Å². The van der Waals surface area contributed by atoms with Crippen LogP contribution in [0, 0.1) is 13.8 Å². The van der Waals surface area contributed by atoms with Gasteiger partial charge in [0.15, 0.2) is 6.10 Å². The van der Waals surface area contributed by atoms with Gasteiger partial charge in [-0.05, 0) is 64.8 Å². The summed E-state index contributed by atoms with van der Waals surface area (Å²) in [6.45, 7) is 11.6. The van der Waals surface area contributed by atoms with Crippen molar-refractivity contribution in [1.29, 1.82) is 0 Å². The van der Waals surface area contributed by atoms with Gasteiger partial charge in [0.25, 0.3) is 11.8 Å². The van der Waals surface area contributed by atoms with E-state index in [2.05, 4.69) is 10.6 Å². The minimum atomic E-state index is -0.653. The maximum absolute atomic E-state index is 12.8. The molecule has 0 radical (unpaired) electrons. The summed E-state index contributed by atoms with van der Waals surface area (Å²) in [5.74, 6) is 0.177. The van der Waals surface area contributed by atoms with Crippen LogP contribution < -0.4 is 15.4 Å². The number of anilines is 1. The Bertz CT molecular complexity index is 853. The van der Waals surface area contributed by atoms with Crippen LogP contribution in [-0.4, -0.2) is 23.5 Å². The van der Waals surface area contributed by atoms with Gasteiger partial charge < -0.3 is 15.4 Å². The second-order valence-corrected chi connectivity index (χ2v) is 8.02. The minimum Gasteiger partial charge on any atom is -0.480 e. The van der Waals surface area contributed by atoms with Crippen LogP contribution >= 0.6 is 0 Å². The van der Waals surface area contributed by atoms with Crippen molar-refractivity contribution in [2.75, 3.05) is 5.32 Å². The van der Waals surface area contributed by atoms with Gasteiger partial charge in [0.05, 0.1) is 11.3 Å². The molecule has 2 rings (SSSR count). The van der Waals surface area contributed by atoms with Gasteiger partial charge in [0.1, 0.15) is 5.75 Å². The minimum absolute atomic E-state index is 0.230. The average molecular weight is 383 g/mol. The van der Waals surface area contributed by atoms with Crippen molar-refractivity contribution in [1.82, 2.24) is 5.32 Å². The maximum Gasteiger partial charge on any atom is 0.265 e. The van der Waals surface area contributed by atoms with Gasteiger partial charge >= 0.3 is 0 Å². The standard InChI is InChI=1S/C23H30N2O3/c1-7-19(28-20-13-12-15(2)14-16(20)3)22(27)24-18-11-9-8-10-17(18)21(26)25-23(4,5)6/h8-14,19H,7H2,1-6H3,(H,24,27)(H,25,26)/t19-/m0/s1. The number of aryl methyl sites for hydroxylation is 2. The molecule has 2 N–H and O–H groups in total. The molecule has 0 aromatic heterocycles. The predicted molar refractivity (Wildman–Crippen MR) is 113 cm³/mol. The maximum atomic E-state index is 12.8. The highest BCUT2D eigenvalue weighted by molar-refractivity contribution is 6.04. The van der Waals surface area contributed by atoms with E-state index in [-0.39, 0.29) is 17.4 Å². The lowest BCUT2D eigenvalue weighted by Crippen LogP contribution is -2.41. The number of benzene rings is 2. The van der Waals surface area contributed by atoms with E-state index in [0.29, 0.717) is 23.4 Å². The molecular formula is C23H30N2O3. The second-order valence-electron chi connectivity index (χ2n) is 8.02. The van der Waals surface area contributed by atoms with Crippen molar-refractivity contribution in [3.63, 3.8) is 0 Å². The number of hydrogen-bond donors (Lipinski definition) is 2. The third-order valence-electron chi connectivity index (χ3n) is 4.18. The highest BCUT2D eigenvalue weighted by Crippen LogP contribution is 2.22. The van der Waals surface area contributed by atoms with Gasteiger partial charge in [0, 0.05) is 5.54 Å². The van der Waals surface area contributed by atoms with Gasteiger partial charge in [-0.3, -0.25) is 9.59 Å². The van der Waals surface area contributed by atoms with Gasteiger partial charge in [0.2, 0.25) is 0 Å². The molecule has 1 atom stereocenters. The van der Waals surface area contributed by atoms with Crippen molar-refractivity contribution < 1.29 is 14.3 Å². The number of para-hydroxylation sites is 1. The molecular weight excluding hydrogens is 352 g/mol. The van der Waals surface area contributed by atoms with E-state index in [4.69, 9.17) is 4.74 Å². The first-order valence-corrected chi connectivity index (χ1v) is 9.57. The summed E-state index contributed by atoms with van der Waals surface area (Å²) in [6.07, 6.45) is -0.143. The van der Waals surface area contributed by atoms with Gasteiger partial charge in [-0.2, -0.15) is 0 Å². The summed E-state index contributed by atoms with van der Waals surface area (Å²) in [5.41, 5.74) is 2.65. The van der Waals surface area contributed by atoms with E-state index in [1.165, 1.54) is 0 Å². The van der Waals surface area contributed by atoms with Crippen molar-refractivity contribution >= 4 is 17.5 Å². The zero-order chi connectivity index (χ0) is 20.9. The molecule has 5 nitrogen and oxygen atoms in total. The van der Waals surface area contributed by atoms with E-state index < -0.39 is 6.10 Å². The van der Waals surface area contributed by atoms with Crippen LogP contribution in [0.5, 0.6) is 5.75 Å². The summed E-state index contributed by atoms with van der Waals surface area (Å²) >= 11 is 0. The second kappa shape index (κ2) is 8.91. The number of amides is 2. The number of carbonyl (C=O) groups excluding carboxylic acids is 2. The summed E-state index contributed by atoms with van der Waals surface area (Å²) < 4.78 is 5.95. The highest BCUT2D eigenvalue weighted by Gasteiger charge is 2.23. The lowest BCUT2D eigenvalue weighted by Gasteiger charge is -2.22. The SMILES string of the molecule is CC[C@H](Oc1ccc(C)cc1C)C(=O)Nc1ccccc1C(=O)NC(C)(C)C. The number of nitrogens with one attached hydrogen (secondary N) is 2. The molecule has 0 spiro atoms. The lowest BCUT2D eigenvalue weighted by molar-refractivity contribution is -0.122. The molecule has 2 aromatic rings. The molecule has 0 bridgehead atoms. The first kappa shape index (κ1) is 21.5. The Hall–Kier alpha value is -2.82. The van der Waals surface area contributed by atoms with Crippen molar-refractivity contribution in [3.05, 3.63) is 59.2 Å². The molecule has 0 fully saturated rings. The predicted octanol–water partition coefficient (Wildman–Crippen LogP) is 4.63. The molecule has 2 aromatic carbocycles. The monoisotopic (exact) mass is 382 g/mol. The summed E-state index contributed by atoms with van der Waals surface area (Å²) in [4.78, 5) is 25.4. The Balaban J connectivity index is 2.17. The fraction of sp³-hybridized carbons (Fsp3) is 0.391. The Labute approximate surface area is 167 Å². The number of hydrogen-bond acceptors (Lipinski definition) is 3. The summed E-state index contributed by atoms with van der Waals surface area (Å²) in [6, 6.07) is 12.8. The molecule has 0 unspecified atom stereocenters. The van der Waals surface area contributed by atoms with Crippen LogP contribution in [-0.2, 0) is 4.79 Å². The Kier molecular flexibility index (Phi) is 6.84. The van der Waals surface area contributed by atoms with E-state index in [9.17, 15) is 9.59 Å². The van der Waals surface area contributed by atoms with Crippen molar-refractivity contribution in [3.8, 4) is 5.75 Å². The number of rotatable bonds is 6. The van der Waals surface area contributed by atoms with Crippen molar-refractivity contribution in [2.45, 2.75) is 59.6 Å². The highest BCUT2D eigenvalue weighted by atomic mass is 16.5. The lowest BCUT2D eigenvalue weighted by atomic mass is 10.1.